The second kappa shape index (κ2) is 4.66. The maximum Gasteiger partial charge on any atom is 0.0326 e. The minimum atomic E-state index is 0.213. The molecule has 2 N–H and O–H groups in total. The van der Waals surface area contributed by atoms with Crippen LogP contribution in [0.25, 0.3) is 0 Å². The molecular weight excluding hydrogens is 196 g/mol. The first-order valence-corrected chi connectivity index (χ1v) is 7.01. The Kier molecular flexibility index (Phi) is 3.60. The van der Waals surface area contributed by atoms with E-state index in [1.54, 1.807) is 0 Å². The van der Waals surface area contributed by atoms with Crippen LogP contribution in [0.1, 0.15) is 46.5 Å². The lowest BCUT2D eigenvalue weighted by atomic mass is 9.86. The lowest BCUT2D eigenvalue weighted by Crippen LogP contribution is -2.56. The summed E-state index contributed by atoms with van der Waals surface area (Å²) in [6.45, 7) is 10.4. The number of nitrogens with two attached hydrogens (primary N) is 1. The summed E-state index contributed by atoms with van der Waals surface area (Å²) < 4.78 is 0. The van der Waals surface area contributed by atoms with Gasteiger partial charge in [0.25, 0.3) is 0 Å². The van der Waals surface area contributed by atoms with Gasteiger partial charge in [-0.1, -0.05) is 13.8 Å². The van der Waals surface area contributed by atoms with Crippen molar-refractivity contribution in [2.75, 3.05) is 19.6 Å². The lowest BCUT2D eigenvalue weighted by molar-refractivity contribution is 0.0576. The SMILES string of the molecule is CC(C)C(C)(CN)N(CC1CC1)CC1CC1. The van der Waals surface area contributed by atoms with E-state index < -0.39 is 0 Å². The molecule has 1 unspecified atom stereocenters. The van der Waals surface area contributed by atoms with Crippen molar-refractivity contribution in [3.63, 3.8) is 0 Å². The molecule has 2 aliphatic rings. The van der Waals surface area contributed by atoms with Crippen LogP contribution in [-0.2, 0) is 0 Å². The Morgan fingerprint density at radius 2 is 1.56 bits per heavy atom. The predicted molar refractivity (Wildman–Crippen MR) is 69.3 cm³/mol. The van der Waals surface area contributed by atoms with Crippen LogP contribution in [0, 0.1) is 17.8 Å². The zero-order valence-electron chi connectivity index (χ0n) is 11.2. The van der Waals surface area contributed by atoms with Gasteiger partial charge in [0.15, 0.2) is 0 Å². The van der Waals surface area contributed by atoms with Crippen LogP contribution < -0.4 is 5.73 Å². The summed E-state index contributed by atoms with van der Waals surface area (Å²) in [5.74, 6) is 2.60. The zero-order valence-corrected chi connectivity index (χ0v) is 11.2. The Balaban J connectivity index is 2.00. The highest BCUT2D eigenvalue weighted by atomic mass is 15.2. The first-order valence-electron chi connectivity index (χ1n) is 7.01. The minimum absolute atomic E-state index is 0.213. The zero-order chi connectivity index (χ0) is 11.8. The van der Waals surface area contributed by atoms with Crippen molar-refractivity contribution in [2.45, 2.75) is 52.0 Å². The molecule has 2 rings (SSSR count). The molecule has 16 heavy (non-hydrogen) atoms. The standard InChI is InChI=1S/C14H28N2/c1-11(2)14(3,10-15)16(8-12-4-5-12)9-13-6-7-13/h11-13H,4-10,15H2,1-3H3. The van der Waals surface area contributed by atoms with Crippen LogP contribution in [0.5, 0.6) is 0 Å². The largest absolute Gasteiger partial charge is 0.329 e. The molecule has 2 fully saturated rings. The Hall–Kier alpha value is -0.0800. The van der Waals surface area contributed by atoms with E-state index in [0.717, 1.165) is 18.4 Å². The third-order valence-electron chi connectivity index (χ3n) is 4.73. The smallest absolute Gasteiger partial charge is 0.0326 e. The summed E-state index contributed by atoms with van der Waals surface area (Å²) in [4.78, 5) is 2.72. The maximum absolute atomic E-state index is 6.06. The summed E-state index contributed by atoms with van der Waals surface area (Å²) in [6.07, 6.45) is 5.78. The molecule has 0 radical (unpaired) electrons. The molecular formula is C14H28N2. The molecule has 1 atom stereocenters. The molecule has 0 aromatic heterocycles. The number of hydrogen-bond donors (Lipinski definition) is 1. The number of rotatable bonds is 7. The van der Waals surface area contributed by atoms with Gasteiger partial charge in [0.2, 0.25) is 0 Å². The fraction of sp³-hybridized carbons (Fsp3) is 1.00. The fourth-order valence-electron chi connectivity index (χ4n) is 2.45. The van der Waals surface area contributed by atoms with Gasteiger partial charge in [0, 0.05) is 25.2 Å². The number of hydrogen-bond acceptors (Lipinski definition) is 2. The summed E-state index contributed by atoms with van der Waals surface area (Å²) >= 11 is 0. The highest BCUT2D eigenvalue weighted by Crippen LogP contribution is 2.37. The predicted octanol–water partition coefficient (Wildman–Crippen LogP) is 2.48. The molecule has 2 nitrogen and oxygen atoms in total. The summed E-state index contributed by atoms with van der Waals surface area (Å²) in [6, 6.07) is 0. The monoisotopic (exact) mass is 224 g/mol. The molecule has 2 saturated carbocycles. The molecule has 0 heterocycles. The van der Waals surface area contributed by atoms with Crippen molar-refractivity contribution in [3.05, 3.63) is 0 Å². The summed E-state index contributed by atoms with van der Waals surface area (Å²) in [7, 11) is 0. The van der Waals surface area contributed by atoms with E-state index in [1.807, 2.05) is 0 Å². The van der Waals surface area contributed by atoms with Gasteiger partial charge >= 0.3 is 0 Å². The van der Waals surface area contributed by atoms with E-state index in [2.05, 4.69) is 25.7 Å². The van der Waals surface area contributed by atoms with Gasteiger partial charge in [0.1, 0.15) is 0 Å². The second-order valence-corrected chi connectivity index (χ2v) is 6.51. The van der Waals surface area contributed by atoms with E-state index in [4.69, 9.17) is 5.73 Å². The van der Waals surface area contributed by atoms with E-state index in [-0.39, 0.29) is 5.54 Å². The Bertz CT molecular complexity index is 217. The molecule has 0 spiro atoms. The Morgan fingerprint density at radius 3 is 1.81 bits per heavy atom. The number of nitrogens with zero attached hydrogens (tertiary/aromatic N) is 1. The molecule has 2 heteroatoms. The van der Waals surface area contributed by atoms with E-state index in [1.165, 1.54) is 38.8 Å². The lowest BCUT2D eigenvalue weighted by Gasteiger charge is -2.44. The van der Waals surface area contributed by atoms with Gasteiger partial charge in [-0.25, -0.2) is 0 Å². The van der Waals surface area contributed by atoms with E-state index >= 15 is 0 Å². The molecule has 2 aliphatic carbocycles. The summed E-state index contributed by atoms with van der Waals surface area (Å²) in [5.41, 5.74) is 6.27. The quantitative estimate of drug-likeness (QED) is 0.720. The average molecular weight is 224 g/mol. The van der Waals surface area contributed by atoms with Crippen LogP contribution in [-0.4, -0.2) is 30.1 Å². The normalized spacial score (nSPS) is 25.1. The first kappa shape index (κ1) is 12.4. The van der Waals surface area contributed by atoms with Crippen molar-refractivity contribution in [3.8, 4) is 0 Å². The van der Waals surface area contributed by atoms with Crippen LogP contribution in [0.15, 0.2) is 0 Å². The highest BCUT2D eigenvalue weighted by molar-refractivity contribution is 4.95. The van der Waals surface area contributed by atoms with Gasteiger partial charge in [0.05, 0.1) is 0 Å². The van der Waals surface area contributed by atoms with Gasteiger partial charge < -0.3 is 5.73 Å². The van der Waals surface area contributed by atoms with Crippen molar-refractivity contribution >= 4 is 0 Å². The van der Waals surface area contributed by atoms with Crippen LogP contribution in [0.4, 0.5) is 0 Å². The average Bonchev–Trinajstić information content (AvgIpc) is 3.08. The Labute approximate surface area is 101 Å². The van der Waals surface area contributed by atoms with Gasteiger partial charge in [-0.2, -0.15) is 0 Å². The molecule has 0 saturated heterocycles. The third kappa shape index (κ3) is 2.78. The maximum atomic E-state index is 6.06. The van der Waals surface area contributed by atoms with Gasteiger partial charge in [-0.3, -0.25) is 4.90 Å². The van der Waals surface area contributed by atoms with Crippen LogP contribution >= 0.6 is 0 Å². The Morgan fingerprint density at radius 1 is 1.12 bits per heavy atom. The molecule has 0 bridgehead atoms. The molecule has 0 amide bonds. The minimum Gasteiger partial charge on any atom is -0.329 e. The topological polar surface area (TPSA) is 29.3 Å². The van der Waals surface area contributed by atoms with Crippen LogP contribution in [0.2, 0.25) is 0 Å². The second-order valence-electron chi connectivity index (χ2n) is 6.51. The highest BCUT2D eigenvalue weighted by Gasteiger charge is 2.39. The fourth-order valence-corrected chi connectivity index (χ4v) is 2.45. The molecule has 0 aromatic carbocycles. The van der Waals surface area contributed by atoms with Crippen molar-refractivity contribution in [1.82, 2.24) is 4.90 Å². The van der Waals surface area contributed by atoms with Gasteiger partial charge in [-0.15, -0.1) is 0 Å². The molecule has 0 aliphatic heterocycles. The first-order chi connectivity index (χ1) is 7.56. The van der Waals surface area contributed by atoms with Crippen molar-refractivity contribution in [2.24, 2.45) is 23.5 Å². The summed E-state index contributed by atoms with van der Waals surface area (Å²) in [5, 5.41) is 0. The molecule has 0 aromatic rings. The van der Waals surface area contributed by atoms with Crippen molar-refractivity contribution in [1.29, 1.82) is 0 Å². The third-order valence-corrected chi connectivity index (χ3v) is 4.73. The van der Waals surface area contributed by atoms with E-state index in [0.29, 0.717) is 5.92 Å². The van der Waals surface area contributed by atoms with Crippen LogP contribution in [0.3, 0.4) is 0 Å². The van der Waals surface area contributed by atoms with Crippen molar-refractivity contribution < 1.29 is 0 Å². The molecule has 94 valence electrons. The van der Waals surface area contributed by atoms with E-state index in [9.17, 15) is 0 Å². The van der Waals surface area contributed by atoms with Gasteiger partial charge in [-0.05, 0) is 50.4 Å².